The van der Waals surface area contributed by atoms with Gasteiger partial charge in [0.2, 0.25) is 0 Å². The topological polar surface area (TPSA) is 53.4 Å². The third kappa shape index (κ3) is 3.19. The number of thiazole rings is 1. The highest BCUT2D eigenvalue weighted by molar-refractivity contribution is 7.12. The molecule has 23 heavy (non-hydrogen) atoms. The maximum absolute atomic E-state index is 12.6. The van der Waals surface area contributed by atoms with Crippen LogP contribution in [0.15, 0.2) is 17.6 Å². The van der Waals surface area contributed by atoms with Crippen LogP contribution in [0.25, 0.3) is 5.13 Å². The van der Waals surface area contributed by atoms with E-state index in [1.807, 2.05) is 29.9 Å². The van der Waals surface area contributed by atoms with E-state index in [1.54, 1.807) is 24.6 Å². The second-order valence-corrected chi connectivity index (χ2v) is 6.81. The van der Waals surface area contributed by atoms with Gasteiger partial charge >= 0.3 is 5.97 Å². The van der Waals surface area contributed by atoms with Crippen molar-refractivity contribution in [1.29, 1.82) is 0 Å². The summed E-state index contributed by atoms with van der Waals surface area (Å²) in [6.07, 6.45) is 5.66. The molecule has 3 rings (SSSR count). The average molecular weight is 334 g/mol. The quantitative estimate of drug-likeness (QED) is 0.801. The van der Waals surface area contributed by atoms with Gasteiger partial charge < -0.3 is 9.47 Å². The lowest BCUT2D eigenvalue weighted by molar-refractivity contribution is -0.0539. The summed E-state index contributed by atoms with van der Waals surface area (Å²) < 4.78 is 13.2. The molecule has 2 aromatic rings. The van der Waals surface area contributed by atoms with Crippen LogP contribution in [0.1, 0.15) is 47.4 Å². The highest BCUT2D eigenvalue weighted by Crippen LogP contribution is 2.27. The molecule has 0 N–H and O–H groups in total. The lowest BCUT2D eigenvalue weighted by Crippen LogP contribution is -2.35. The smallest absolute Gasteiger partial charge is 0.340 e. The van der Waals surface area contributed by atoms with E-state index in [2.05, 4.69) is 4.98 Å². The van der Waals surface area contributed by atoms with E-state index >= 15 is 0 Å². The number of hydrogen-bond donors (Lipinski definition) is 0. The van der Waals surface area contributed by atoms with E-state index in [9.17, 15) is 4.79 Å². The standard InChI is InChI=1S/C17H22N2O3S/c1-11-10-13(12(2)19(11)17-18-8-9-23-17)16(20)22-15-7-5-4-6-14(15)21-3/h8-10,14-15H,4-7H2,1-3H3/t14-,15-/m1/s1. The molecule has 2 heterocycles. The average Bonchev–Trinajstić information content (AvgIpc) is 3.15. The number of aryl methyl sites for hydroxylation is 1. The Bertz CT molecular complexity index is 678. The van der Waals surface area contributed by atoms with E-state index in [-0.39, 0.29) is 18.2 Å². The Morgan fingerprint density at radius 3 is 2.70 bits per heavy atom. The monoisotopic (exact) mass is 334 g/mol. The molecule has 2 aromatic heterocycles. The van der Waals surface area contributed by atoms with Crippen LogP contribution in [0.4, 0.5) is 0 Å². The maximum atomic E-state index is 12.6. The molecule has 0 radical (unpaired) electrons. The van der Waals surface area contributed by atoms with E-state index in [0.29, 0.717) is 5.56 Å². The number of aromatic nitrogens is 2. The first-order valence-corrected chi connectivity index (χ1v) is 8.82. The number of carbonyl (C=O) groups is 1. The van der Waals surface area contributed by atoms with Crippen LogP contribution in [0.3, 0.4) is 0 Å². The summed E-state index contributed by atoms with van der Waals surface area (Å²) in [5.74, 6) is -0.269. The molecular formula is C17H22N2O3S. The predicted molar refractivity (Wildman–Crippen MR) is 89.4 cm³/mol. The summed E-state index contributed by atoms with van der Waals surface area (Å²) in [4.78, 5) is 17.0. The predicted octanol–water partition coefficient (Wildman–Crippen LogP) is 3.67. The maximum Gasteiger partial charge on any atom is 0.340 e. The molecule has 5 nitrogen and oxygen atoms in total. The summed E-state index contributed by atoms with van der Waals surface area (Å²) in [7, 11) is 1.69. The second kappa shape index (κ2) is 6.84. The van der Waals surface area contributed by atoms with Crippen molar-refractivity contribution < 1.29 is 14.3 Å². The van der Waals surface area contributed by atoms with Gasteiger partial charge in [0.05, 0.1) is 11.7 Å². The van der Waals surface area contributed by atoms with Crippen molar-refractivity contribution in [3.63, 3.8) is 0 Å². The molecule has 0 spiro atoms. The van der Waals surface area contributed by atoms with Crippen LogP contribution in [0.2, 0.25) is 0 Å². The van der Waals surface area contributed by atoms with Gasteiger partial charge in [-0.05, 0) is 39.2 Å². The van der Waals surface area contributed by atoms with Crippen molar-refractivity contribution in [1.82, 2.24) is 9.55 Å². The Morgan fingerprint density at radius 1 is 1.30 bits per heavy atom. The highest BCUT2D eigenvalue weighted by Gasteiger charge is 2.30. The second-order valence-electron chi connectivity index (χ2n) is 5.94. The lowest BCUT2D eigenvalue weighted by atomic mass is 9.94. The zero-order valence-electron chi connectivity index (χ0n) is 13.7. The molecule has 1 aliphatic rings. The third-order valence-corrected chi connectivity index (χ3v) is 5.22. The van der Waals surface area contributed by atoms with E-state index in [1.165, 1.54) is 0 Å². The van der Waals surface area contributed by atoms with Crippen LogP contribution < -0.4 is 0 Å². The van der Waals surface area contributed by atoms with Gasteiger partial charge in [0.15, 0.2) is 5.13 Å². The number of nitrogens with zero attached hydrogens (tertiary/aromatic N) is 2. The van der Waals surface area contributed by atoms with Crippen LogP contribution in [0, 0.1) is 13.8 Å². The van der Waals surface area contributed by atoms with Crippen molar-refractivity contribution in [2.45, 2.75) is 51.7 Å². The van der Waals surface area contributed by atoms with Gasteiger partial charge in [0.25, 0.3) is 0 Å². The zero-order valence-corrected chi connectivity index (χ0v) is 14.6. The Hall–Kier alpha value is -1.66. The minimum atomic E-state index is -0.269. The summed E-state index contributed by atoms with van der Waals surface area (Å²) in [5, 5.41) is 2.80. The molecule has 1 aliphatic carbocycles. The van der Waals surface area contributed by atoms with Crippen LogP contribution in [-0.2, 0) is 9.47 Å². The fourth-order valence-corrected chi connectivity index (χ4v) is 4.01. The molecule has 1 saturated carbocycles. The first kappa shape index (κ1) is 16.2. The highest BCUT2D eigenvalue weighted by atomic mass is 32.1. The number of methoxy groups -OCH3 is 1. The molecule has 0 aromatic carbocycles. The minimum Gasteiger partial charge on any atom is -0.456 e. The molecule has 0 amide bonds. The van der Waals surface area contributed by atoms with E-state index in [0.717, 1.165) is 42.2 Å². The Kier molecular flexibility index (Phi) is 4.82. The van der Waals surface area contributed by atoms with Crippen molar-refractivity contribution in [2.24, 2.45) is 0 Å². The molecule has 124 valence electrons. The van der Waals surface area contributed by atoms with Crippen molar-refractivity contribution in [3.8, 4) is 5.13 Å². The van der Waals surface area contributed by atoms with E-state index in [4.69, 9.17) is 9.47 Å². The van der Waals surface area contributed by atoms with Gasteiger partial charge in [-0.25, -0.2) is 9.78 Å². The van der Waals surface area contributed by atoms with Gasteiger partial charge in [-0.2, -0.15) is 0 Å². The number of carbonyl (C=O) groups excluding carboxylic acids is 1. The van der Waals surface area contributed by atoms with Gasteiger partial charge in [-0.3, -0.25) is 4.57 Å². The SMILES string of the molecule is CO[C@@H]1CCCC[C@H]1OC(=O)c1cc(C)n(-c2nccs2)c1C. The molecular weight excluding hydrogens is 312 g/mol. The fraction of sp³-hybridized carbons (Fsp3) is 0.529. The first-order chi connectivity index (χ1) is 11.1. The van der Waals surface area contributed by atoms with E-state index < -0.39 is 0 Å². The van der Waals surface area contributed by atoms with Crippen LogP contribution in [-0.4, -0.2) is 34.8 Å². The molecule has 6 heteroatoms. The zero-order chi connectivity index (χ0) is 16.4. The third-order valence-electron chi connectivity index (χ3n) is 4.46. The molecule has 0 saturated heterocycles. The van der Waals surface area contributed by atoms with Crippen LogP contribution >= 0.6 is 11.3 Å². The largest absolute Gasteiger partial charge is 0.456 e. The Balaban J connectivity index is 1.82. The Morgan fingerprint density at radius 2 is 2.04 bits per heavy atom. The Labute approximate surface area is 140 Å². The van der Waals surface area contributed by atoms with Crippen LogP contribution in [0.5, 0.6) is 0 Å². The summed E-state index contributed by atoms with van der Waals surface area (Å²) in [6, 6.07) is 1.88. The molecule has 1 fully saturated rings. The van der Waals surface area contributed by atoms with Gasteiger partial charge in [-0.15, -0.1) is 11.3 Å². The van der Waals surface area contributed by atoms with Gasteiger partial charge in [0, 0.05) is 30.1 Å². The number of hydrogen-bond acceptors (Lipinski definition) is 5. The summed E-state index contributed by atoms with van der Waals surface area (Å²) in [6.45, 7) is 3.91. The first-order valence-electron chi connectivity index (χ1n) is 7.94. The molecule has 2 atom stereocenters. The molecule has 0 unspecified atom stereocenters. The summed E-state index contributed by atoms with van der Waals surface area (Å²) >= 11 is 1.55. The summed E-state index contributed by atoms with van der Waals surface area (Å²) in [5.41, 5.74) is 2.46. The number of ether oxygens (including phenoxy) is 2. The van der Waals surface area contributed by atoms with Crippen molar-refractivity contribution >= 4 is 17.3 Å². The fourth-order valence-electron chi connectivity index (χ4n) is 3.26. The lowest BCUT2D eigenvalue weighted by Gasteiger charge is -2.29. The van der Waals surface area contributed by atoms with Crippen molar-refractivity contribution in [2.75, 3.05) is 7.11 Å². The number of esters is 1. The molecule has 0 aliphatic heterocycles. The molecule has 0 bridgehead atoms. The number of rotatable bonds is 4. The minimum absolute atomic E-state index is 0.00940. The van der Waals surface area contributed by atoms with Gasteiger partial charge in [0.1, 0.15) is 6.10 Å². The van der Waals surface area contributed by atoms with Crippen molar-refractivity contribution in [3.05, 3.63) is 34.6 Å². The normalized spacial score (nSPS) is 21.3. The van der Waals surface area contributed by atoms with Gasteiger partial charge in [-0.1, -0.05) is 6.42 Å².